The minimum atomic E-state index is -0.0473. The molecular formula is C18H36N2OS. The van der Waals surface area contributed by atoms with Gasteiger partial charge in [-0.3, -0.25) is 4.31 Å². The number of carbonyl (C=O) groups is 1. The summed E-state index contributed by atoms with van der Waals surface area (Å²) in [5.41, 5.74) is 0.223. The van der Waals surface area contributed by atoms with Gasteiger partial charge in [-0.15, -0.1) is 10.7 Å². The maximum Gasteiger partial charge on any atom is 0.137 e. The molecule has 1 aliphatic rings. The van der Waals surface area contributed by atoms with Crippen molar-refractivity contribution in [3.8, 4) is 0 Å². The zero-order valence-corrected chi connectivity index (χ0v) is 16.3. The zero-order valence-electron chi connectivity index (χ0n) is 15.4. The molecule has 1 saturated carbocycles. The van der Waals surface area contributed by atoms with Crippen molar-refractivity contribution in [2.24, 2.45) is 10.8 Å². The van der Waals surface area contributed by atoms with Crippen LogP contribution in [0.1, 0.15) is 59.8 Å². The Kier molecular flexibility index (Phi) is 7.28. The van der Waals surface area contributed by atoms with Crippen LogP contribution in [0.5, 0.6) is 0 Å². The minimum absolute atomic E-state index is 0.00735. The van der Waals surface area contributed by atoms with Gasteiger partial charge in [0.1, 0.15) is 6.29 Å². The summed E-state index contributed by atoms with van der Waals surface area (Å²) < 4.78 is 2.29. The van der Waals surface area contributed by atoms with Crippen molar-refractivity contribution in [1.82, 2.24) is 9.62 Å². The highest BCUT2D eigenvalue weighted by molar-refractivity contribution is 8.11. The molecule has 0 amide bonds. The number of likely N-dealkylation sites (N-methyl/N-ethyl adjacent to an activating group) is 1. The lowest BCUT2D eigenvalue weighted by atomic mass is 9.70. The zero-order chi connectivity index (χ0) is 17.0. The SMILES string of the molecule is C=S(C)N(C)CC(NC(C=O)C1(C)CCCCC1)C(C)(C)C. The maximum absolute atomic E-state index is 11.8. The average molecular weight is 329 g/mol. The van der Waals surface area contributed by atoms with Crippen molar-refractivity contribution >= 4 is 22.8 Å². The lowest BCUT2D eigenvalue weighted by Gasteiger charge is -2.43. The van der Waals surface area contributed by atoms with Crippen molar-refractivity contribution < 1.29 is 4.79 Å². The van der Waals surface area contributed by atoms with Gasteiger partial charge in [-0.25, -0.2) is 0 Å². The molecule has 1 aliphatic carbocycles. The van der Waals surface area contributed by atoms with Gasteiger partial charge in [0.25, 0.3) is 0 Å². The van der Waals surface area contributed by atoms with Crippen LogP contribution in [0.3, 0.4) is 0 Å². The maximum atomic E-state index is 11.8. The van der Waals surface area contributed by atoms with Crippen LogP contribution in [0, 0.1) is 10.8 Å². The van der Waals surface area contributed by atoms with E-state index in [9.17, 15) is 4.79 Å². The van der Waals surface area contributed by atoms with Gasteiger partial charge in [0.2, 0.25) is 0 Å². The summed E-state index contributed by atoms with van der Waals surface area (Å²) in [6.07, 6.45) is 9.42. The monoisotopic (exact) mass is 328 g/mol. The summed E-state index contributed by atoms with van der Waals surface area (Å²) in [7, 11) is 2.13. The second-order valence-electron chi connectivity index (χ2n) is 8.32. The number of nitrogens with zero attached hydrogens (tertiary/aromatic N) is 1. The summed E-state index contributed by atoms with van der Waals surface area (Å²) in [5.74, 6) is 4.13. The van der Waals surface area contributed by atoms with Gasteiger partial charge < -0.3 is 10.1 Å². The van der Waals surface area contributed by atoms with Gasteiger partial charge in [-0.05, 0) is 37.0 Å². The topological polar surface area (TPSA) is 32.3 Å². The van der Waals surface area contributed by atoms with Crippen molar-refractivity contribution in [1.29, 1.82) is 0 Å². The van der Waals surface area contributed by atoms with Gasteiger partial charge >= 0.3 is 0 Å². The lowest BCUT2D eigenvalue weighted by molar-refractivity contribution is -0.113. The van der Waals surface area contributed by atoms with Crippen LogP contribution in [-0.4, -0.2) is 48.4 Å². The van der Waals surface area contributed by atoms with E-state index in [1.165, 1.54) is 19.3 Å². The van der Waals surface area contributed by atoms with E-state index >= 15 is 0 Å². The van der Waals surface area contributed by atoms with E-state index in [-0.39, 0.29) is 33.6 Å². The second kappa shape index (κ2) is 8.07. The molecule has 0 aromatic heterocycles. The van der Waals surface area contributed by atoms with Gasteiger partial charge in [0.05, 0.1) is 6.04 Å². The van der Waals surface area contributed by atoms with E-state index < -0.39 is 0 Å². The summed E-state index contributed by atoms with van der Waals surface area (Å²) in [5, 5.41) is 3.71. The Labute approximate surface area is 140 Å². The number of carbonyl (C=O) groups excluding carboxylic acids is 1. The molecule has 3 atom stereocenters. The van der Waals surface area contributed by atoms with Crippen LogP contribution in [0.4, 0.5) is 0 Å². The third-order valence-corrected chi connectivity index (χ3v) is 6.49. The molecule has 4 heteroatoms. The Bertz CT molecular complexity index is 383. The van der Waals surface area contributed by atoms with Crippen LogP contribution < -0.4 is 5.32 Å². The number of aldehydes is 1. The molecule has 3 nitrogen and oxygen atoms in total. The summed E-state index contributed by atoms with van der Waals surface area (Å²) in [6.45, 7) is 9.96. The molecule has 1 fully saturated rings. The lowest BCUT2D eigenvalue weighted by Crippen LogP contribution is -2.56. The molecule has 0 aromatic rings. The molecule has 0 bridgehead atoms. The summed E-state index contributed by atoms with van der Waals surface area (Å²) >= 11 is 0. The Hall–Kier alpha value is -0.190. The first kappa shape index (κ1) is 19.9. The molecule has 3 unspecified atom stereocenters. The highest BCUT2D eigenvalue weighted by Gasteiger charge is 2.38. The average Bonchev–Trinajstić information content (AvgIpc) is 2.42. The van der Waals surface area contributed by atoms with Crippen LogP contribution in [0.2, 0.25) is 0 Å². The van der Waals surface area contributed by atoms with Gasteiger partial charge in [0.15, 0.2) is 0 Å². The Balaban J connectivity index is 2.86. The van der Waals surface area contributed by atoms with E-state index in [0.29, 0.717) is 0 Å². The normalized spacial score (nSPS) is 23.0. The number of rotatable bonds is 7. The van der Waals surface area contributed by atoms with Gasteiger partial charge in [0, 0.05) is 12.6 Å². The fraction of sp³-hybridized carbons (Fsp3) is 0.889. The summed E-state index contributed by atoms with van der Waals surface area (Å²) in [4.78, 5) is 11.8. The molecule has 0 heterocycles. The van der Waals surface area contributed by atoms with Gasteiger partial charge in [-0.1, -0.05) is 52.8 Å². The van der Waals surface area contributed by atoms with Crippen molar-refractivity contribution in [3.63, 3.8) is 0 Å². The highest BCUT2D eigenvalue weighted by Crippen LogP contribution is 2.39. The van der Waals surface area contributed by atoms with E-state index in [1.54, 1.807) is 0 Å². The third-order valence-electron chi connectivity index (χ3n) is 5.28. The molecule has 22 heavy (non-hydrogen) atoms. The highest BCUT2D eigenvalue weighted by atomic mass is 32.2. The smallest absolute Gasteiger partial charge is 0.137 e. The van der Waals surface area contributed by atoms with Gasteiger partial charge in [-0.2, -0.15) is 0 Å². The van der Waals surface area contributed by atoms with E-state index in [1.807, 2.05) is 0 Å². The van der Waals surface area contributed by atoms with E-state index in [0.717, 1.165) is 25.7 Å². The molecule has 130 valence electrons. The largest absolute Gasteiger partial charge is 0.303 e. The van der Waals surface area contributed by atoms with Crippen molar-refractivity contribution in [3.05, 3.63) is 0 Å². The number of hydrogen-bond acceptors (Lipinski definition) is 3. The molecule has 1 N–H and O–H groups in total. The van der Waals surface area contributed by atoms with Crippen molar-refractivity contribution in [2.45, 2.75) is 71.9 Å². The van der Waals surface area contributed by atoms with Crippen LogP contribution >= 0.6 is 10.7 Å². The predicted molar refractivity (Wildman–Crippen MR) is 101 cm³/mol. The quantitative estimate of drug-likeness (QED) is 0.571. The first-order valence-electron chi connectivity index (χ1n) is 8.48. The van der Waals surface area contributed by atoms with Crippen LogP contribution in [-0.2, 0) is 4.79 Å². The fourth-order valence-electron chi connectivity index (χ4n) is 3.25. The third kappa shape index (κ3) is 5.47. The number of nitrogens with one attached hydrogen (secondary N) is 1. The van der Waals surface area contributed by atoms with Crippen LogP contribution in [0.15, 0.2) is 0 Å². The van der Waals surface area contributed by atoms with Crippen molar-refractivity contribution in [2.75, 3.05) is 19.8 Å². The first-order valence-corrected chi connectivity index (χ1v) is 10.2. The molecule has 0 saturated heterocycles. The Morgan fingerprint density at radius 3 is 2.27 bits per heavy atom. The Morgan fingerprint density at radius 2 is 1.86 bits per heavy atom. The molecular weight excluding hydrogens is 292 g/mol. The minimum Gasteiger partial charge on any atom is -0.303 e. The molecule has 0 aliphatic heterocycles. The fourth-order valence-corrected chi connectivity index (χ4v) is 3.66. The van der Waals surface area contributed by atoms with E-state index in [4.69, 9.17) is 0 Å². The standard InChI is InChI=1S/C18H36N2OS/c1-17(2,3)15(13-20(5)22(6)7)19-16(14-21)18(4)11-9-8-10-12-18/h14-16,19H,6,8-13H2,1-5,7H3. The Morgan fingerprint density at radius 1 is 1.32 bits per heavy atom. The van der Waals surface area contributed by atoms with Crippen LogP contribution in [0.25, 0.3) is 0 Å². The predicted octanol–water partition coefficient (Wildman–Crippen LogP) is 3.71. The number of hydrogen-bond donors (Lipinski definition) is 1. The first-order chi connectivity index (χ1) is 10.1. The molecule has 0 radical (unpaired) electrons. The molecule has 0 aromatic carbocycles. The van der Waals surface area contributed by atoms with E-state index in [2.05, 4.69) is 56.5 Å². The summed E-state index contributed by atoms with van der Waals surface area (Å²) in [6, 6.07) is 0.233. The molecule has 1 rings (SSSR count). The second-order valence-corrected chi connectivity index (χ2v) is 10.1. The molecule has 0 spiro atoms.